The van der Waals surface area contributed by atoms with E-state index in [1.807, 2.05) is 38.1 Å². The Hall–Kier alpha value is -2.96. The molecule has 146 valence electrons. The summed E-state index contributed by atoms with van der Waals surface area (Å²) in [7, 11) is 0. The number of rotatable bonds is 5. The van der Waals surface area contributed by atoms with Gasteiger partial charge in [-0.2, -0.15) is 5.10 Å². The van der Waals surface area contributed by atoms with Gasteiger partial charge in [0, 0.05) is 6.07 Å². The summed E-state index contributed by atoms with van der Waals surface area (Å²) in [6, 6.07) is 9.14. The second-order valence-corrected chi connectivity index (χ2v) is 7.75. The van der Waals surface area contributed by atoms with E-state index in [1.165, 1.54) is 4.68 Å². The van der Waals surface area contributed by atoms with Crippen molar-refractivity contribution in [3.8, 4) is 0 Å². The molecule has 0 fully saturated rings. The Kier molecular flexibility index (Phi) is 4.98. The van der Waals surface area contributed by atoms with Crippen LogP contribution in [0.15, 0.2) is 35.1 Å². The molecule has 1 atom stereocenters. The van der Waals surface area contributed by atoms with Crippen molar-refractivity contribution in [2.45, 2.75) is 52.1 Å². The third-order valence-corrected chi connectivity index (χ3v) is 5.25. The van der Waals surface area contributed by atoms with Crippen molar-refractivity contribution in [1.82, 2.24) is 25.1 Å². The highest BCUT2D eigenvalue weighted by Gasteiger charge is 2.23. The van der Waals surface area contributed by atoms with E-state index in [-0.39, 0.29) is 30.0 Å². The number of amides is 1. The maximum absolute atomic E-state index is 12.7. The predicted octanol–water partition coefficient (Wildman–Crippen LogP) is 2.51. The summed E-state index contributed by atoms with van der Waals surface area (Å²) in [5, 5.41) is 7.45. The lowest BCUT2D eigenvalue weighted by atomic mass is 9.97. The number of H-pyrrole nitrogens is 1. The second-order valence-electron chi connectivity index (χ2n) is 7.75. The van der Waals surface area contributed by atoms with E-state index in [4.69, 9.17) is 0 Å². The number of fused-ring (bicyclic) bond motifs is 2. The molecule has 2 heterocycles. The summed E-state index contributed by atoms with van der Waals surface area (Å²) in [5.41, 5.74) is 3.54. The number of aromatic amines is 1. The second kappa shape index (κ2) is 7.58. The molecule has 3 aromatic rings. The zero-order chi connectivity index (χ0) is 19.7. The van der Waals surface area contributed by atoms with E-state index in [9.17, 15) is 9.59 Å². The molecule has 7 heteroatoms. The van der Waals surface area contributed by atoms with Gasteiger partial charge in [0.1, 0.15) is 12.4 Å². The van der Waals surface area contributed by atoms with Crippen molar-refractivity contribution in [3.05, 3.63) is 57.8 Å². The van der Waals surface area contributed by atoms with Gasteiger partial charge in [0.15, 0.2) is 0 Å². The number of para-hydroxylation sites is 2. The molecule has 1 amide bonds. The predicted molar refractivity (Wildman–Crippen MR) is 107 cm³/mol. The van der Waals surface area contributed by atoms with Crippen LogP contribution in [0.3, 0.4) is 0 Å². The summed E-state index contributed by atoms with van der Waals surface area (Å²) >= 11 is 0. The first-order chi connectivity index (χ1) is 13.5. The quantitative estimate of drug-likeness (QED) is 0.712. The molecule has 7 nitrogen and oxygen atoms in total. The molecule has 0 spiro atoms. The normalized spacial score (nSPS) is 14.8. The minimum Gasteiger partial charge on any atom is -0.344 e. The van der Waals surface area contributed by atoms with Crippen LogP contribution in [0.5, 0.6) is 0 Å². The highest BCUT2D eigenvalue weighted by molar-refractivity contribution is 5.77. The number of hydrogen-bond donors (Lipinski definition) is 2. The van der Waals surface area contributed by atoms with Gasteiger partial charge < -0.3 is 10.3 Å². The molecular weight excluding hydrogens is 354 g/mol. The average molecular weight is 379 g/mol. The molecule has 0 bridgehead atoms. The van der Waals surface area contributed by atoms with Crippen molar-refractivity contribution < 1.29 is 4.79 Å². The first-order valence-corrected chi connectivity index (χ1v) is 9.85. The average Bonchev–Trinajstić information content (AvgIpc) is 3.10. The number of aromatic nitrogens is 4. The number of aryl methyl sites for hydroxylation is 2. The number of carbonyl (C=O) groups excluding carboxylic acids is 1. The van der Waals surface area contributed by atoms with Crippen LogP contribution in [0.4, 0.5) is 0 Å². The van der Waals surface area contributed by atoms with Gasteiger partial charge in [-0.05, 0) is 49.3 Å². The Labute approximate surface area is 163 Å². The topological polar surface area (TPSA) is 92.7 Å². The fourth-order valence-corrected chi connectivity index (χ4v) is 3.74. The van der Waals surface area contributed by atoms with Gasteiger partial charge in [-0.15, -0.1) is 0 Å². The molecule has 28 heavy (non-hydrogen) atoms. The van der Waals surface area contributed by atoms with Gasteiger partial charge in [-0.25, -0.2) is 9.67 Å². The van der Waals surface area contributed by atoms with Gasteiger partial charge in [0.25, 0.3) is 5.56 Å². The van der Waals surface area contributed by atoms with E-state index in [2.05, 4.69) is 20.4 Å². The molecule has 2 N–H and O–H groups in total. The third kappa shape index (κ3) is 3.69. The molecule has 4 rings (SSSR count). The van der Waals surface area contributed by atoms with Gasteiger partial charge in [-0.3, -0.25) is 9.59 Å². The Balaban J connectivity index is 1.53. The minimum absolute atomic E-state index is 0.0877. The van der Waals surface area contributed by atoms with E-state index in [0.29, 0.717) is 0 Å². The number of nitrogens with one attached hydrogen (secondary N) is 2. The van der Waals surface area contributed by atoms with Gasteiger partial charge >= 0.3 is 0 Å². The SMILES string of the molecule is CC(C)[C@H](NC(=O)Cn1nc2c(cc1=O)CCCC2)c1nc2ccccc2[nH]1. The zero-order valence-corrected chi connectivity index (χ0v) is 16.2. The maximum atomic E-state index is 12.7. The first-order valence-electron chi connectivity index (χ1n) is 9.85. The number of benzene rings is 1. The fourth-order valence-electron chi connectivity index (χ4n) is 3.74. The lowest BCUT2D eigenvalue weighted by Crippen LogP contribution is -2.38. The van der Waals surface area contributed by atoms with Gasteiger partial charge in [0.2, 0.25) is 5.91 Å². The smallest absolute Gasteiger partial charge is 0.267 e. The van der Waals surface area contributed by atoms with Crippen molar-refractivity contribution in [2.24, 2.45) is 5.92 Å². The van der Waals surface area contributed by atoms with Crippen LogP contribution >= 0.6 is 0 Å². The van der Waals surface area contributed by atoms with E-state index < -0.39 is 0 Å². The van der Waals surface area contributed by atoms with E-state index in [1.54, 1.807) is 6.07 Å². The maximum Gasteiger partial charge on any atom is 0.267 e. The van der Waals surface area contributed by atoms with E-state index >= 15 is 0 Å². The number of hydrogen-bond acceptors (Lipinski definition) is 4. The molecule has 2 aromatic heterocycles. The summed E-state index contributed by atoms with van der Waals surface area (Å²) in [5.74, 6) is 0.609. The van der Waals surface area contributed by atoms with Crippen LogP contribution in [-0.4, -0.2) is 25.7 Å². The van der Waals surface area contributed by atoms with Gasteiger partial charge in [0.05, 0.1) is 22.8 Å². The third-order valence-electron chi connectivity index (χ3n) is 5.25. The van der Waals surface area contributed by atoms with Gasteiger partial charge in [-0.1, -0.05) is 26.0 Å². The summed E-state index contributed by atoms with van der Waals surface area (Å²) in [6.45, 7) is 3.97. The summed E-state index contributed by atoms with van der Waals surface area (Å²) < 4.78 is 1.27. The largest absolute Gasteiger partial charge is 0.344 e. The summed E-state index contributed by atoms with van der Waals surface area (Å²) in [6.07, 6.45) is 3.93. The fraction of sp³-hybridized carbons (Fsp3) is 0.429. The number of nitrogens with zero attached hydrogens (tertiary/aromatic N) is 3. The number of imidazole rings is 1. The molecular formula is C21H25N5O2. The monoisotopic (exact) mass is 379 g/mol. The highest BCUT2D eigenvalue weighted by Crippen LogP contribution is 2.22. The van der Waals surface area contributed by atoms with Crippen LogP contribution in [0.25, 0.3) is 11.0 Å². The molecule has 1 aliphatic carbocycles. The van der Waals surface area contributed by atoms with Crippen molar-refractivity contribution in [2.75, 3.05) is 0 Å². The standard InChI is InChI=1S/C21H25N5O2/c1-13(2)20(21-22-16-9-5-6-10-17(16)23-21)24-18(27)12-26-19(28)11-14-7-3-4-8-15(14)25-26/h5-6,9-11,13,20H,3-4,7-8,12H2,1-2H3,(H,22,23)(H,24,27)/t20-/m0/s1. The van der Waals surface area contributed by atoms with Crippen LogP contribution in [-0.2, 0) is 24.2 Å². The first kappa shape index (κ1) is 18.4. The van der Waals surface area contributed by atoms with Crippen molar-refractivity contribution >= 4 is 16.9 Å². The van der Waals surface area contributed by atoms with Crippen LogP contribution in [0, 0.1) is 5.92 Å². The van der Waals surface area contributed by atoms with Crippen molar-refractivity contribution in [1.29, 1.82) is 0 Å². The lowest BCUT2D eigenvalue weighted by Gasteiger charge is -2.21. The molecule has 0 saturated carbocycles. The summed E-state index contributed by atoms with van der Waals surface area (Å²) in [4.78, 5) is 32.9. The Morgan fingerprint density at radius 2 is 2.04 bits per heavy atom. The molecule has 1 aromatic carbocycles. The zero-order valence-electron chi connectivity index (χ0n) is 16.2. The minimum atomic E-state index is -0.270. The van der Waals surface area contributed by atoms with Crippen LogP contribution in [0.1, 0.15) is 49.8 Å². The molecule has 0 aliphatic heterocycles. The van der Waals surface area contributed by atoms with E-state index in [0.717, 1.165) is 53.8 Å². The Bertz CT molecular complexity index is 1030. The molecule has 0 saturated heterocycles. The highest BCUT2D eigenvalue weighted by atomic mass is 16.2. The molecule has 0 unspecified atom stereocenters. The Morgan fingerprint density at radius 3 is 2.82 bits per heavy atom. The van der Waals surface area contributed by atoms with Crippen molar-refractivity contribution in [3.63, 3.8) is 0 Å². The lowest BCUT2D eigenvalue weighted by molar-refractivity contribution is -0.123. The Morgan fingerprint density at radius 1 is 1.25 bits per heavy atom. The van der Waals surface area contributed by atoms with Crippen LogP contribution in [0.2, 0.25) is 0 Å². The number of carbonyl (C=O) groups is 1. The molecule has 0 radical (unpaired) electrons. The van der Waals surface area contributed by atoms with Crippen LogP contribution < -0.4 is 10.9 Å². The molecule has 1 aliphatic rings.